The van der Waals surface area contributed by atoms with Crippen LogP contribution in [0.3, 0.4) is 0 Å². The van der Waals surface area contributed by atoms with Crippen LogP contribution >= 0.6 is 0 Å². The Kier molecular flexibility index (Phi) is 2.71. The fourth-order valence-electron chi connectivity index (χ4n) is 1.66. The highest BCUT2D eigenvalue weighted by atomic mass is 16.1. The van der Waals surface area contributed by atoms with E-state index in [1.165, 1.54) is 6.20 Å². The number of nitrogen functional groups attached to an aromatic ring is 1. The van der Waals surface area contributed by atoms with Crippen molar-refractivity contribution in [3.05, 3.63) is 23.9 Å². The number of nitrogens with one attached hydrogen (secondary N) is 2. The summed E-state index contributed by atoms with van der Waals surface area (Å²) < 4.78 is 0. The molecule has 0 bridgehead atoms. The molecule has 1 unspecified atom stereocenters. The lowest BCUT2D eigenvalue weighted by atomic mass is 10.0. The number of amides is 1. The van der Waals surface area contributed by atoms with E-state index >= 15 is 0 Å². The minimum Gasteiger partial charge on any atom is -0.383 e. The first-order valence-electron chi connectivity index (χ1n) is 5.02. The van der Waals surface area contributed by atoms with Gasteiger partial charge in [-0.05, 0) is 19.3 Å². The molecule has 0 aliphatic heterocycles. The first-order chi connectivity index (χ1) is 7.27. The van der Waals surface area contributed by atoms with Crippen LogP contribution in [0.5, 0.6) is 0 Å². The molecule has 1 atom stereocenters. The summed E-state index contributed by atoms with van der Waals surface area (Å²) in [5.41, 5.74) is 5.97. The van der Waals surface area contributed by atoms with Gasteiger partial charge >= 0.3 is 0 Å². The van der Waals surface area contributed by atoms with Crippen molar-refractivity contribution in [3.63, 3.8) is 0 Å². The summed E-state index contributed by atoms with van der Waals surface area (Å²) in [6, 6.07) is 0.219. The van der Waals surface area contributed by atoms with E-state index in [-0.39, 0.29) is 11.9 Å². The van der Waals surface area contributed by atoms with Crippen LogP contribution in [0.2, 0.25) is 0 Å². The highest BCUT2D eigenvalue weighted by Crippen LogP contribution is 2.12. The van der Waals surface area contributed by atoms with Crippen molar-refractivity contribution in [3.8, 4) is 0 Å². The lowest BCUT2D eigenvalue weighted by Gasteiger charge is -2.18. The summed E-state index contributed by atoms with van der Waals surface area (Å²) in [5.74, 6) is 0.167. The zero-order valence-corrected chi connectivity index (χ0v) is 8.36. The molecule has 1 heterocycles. The smallest absolute Gasteiger partial charge is 0.256 e. The predicted octanol–water partition coefficient (Wildman–Crippen LogP) is 0.830. The summed E-state index contributed by atoms with van der Waals surface area (Å²) in [4.78, 5) is 11.7. The Hall–Kier alpha value is -1.78. The molecule has 4 N–H and O–H groups in total. The largest absolute Gasteiger partial charge is 0.383 e. The van der Waals surface area contributed by atoms with Crippen LogP contribution in [-0.2, 0) is 0 Å². The second-order valence-electron chi connectivity index (χ2n) is 3.65. The normalized spacial score (nSPS) is 20.1. The van der Waals surface area contributed by atoms with Crippen LogP contribution in [0.15, 0.2) is 18.3 Å². The summed E-state index contributed by atoms with van der Waals surface area (Å²) in [6.45, 7) is 0. The number of H-pyrrole nitrogens is 1. The van der Waals surface area contributed by atoms with Crippen molar-refractivity contribution in [2.24, 2.45) is 0 Å². The monoisotopic (exact) mass is 206 g/mol. The third kappa shape index (κ3) is 2.18. The number of carbonyl (C=O) groups excluding carboxylic acids is 1. The minimum absolute atomic E-state index is 0.151. The lowest BCUT2D eigenvalue weighted by molar-refractivity contribution is 0.0935. The van der Waals surface area contributed by atoms with Gasteiger partial charge in [0, 0.05) is 6.04 Å². The van der Waals surface area contributed by atoms with Crippen LogP contribution < -0.4 is 11.1 Å². The van der Waals surface area contributed by atoms with Crippen LogP contribution in [-0.4, -0.2) is 22.1 Å². The molecule has 5 heteroatoms. The molecule has 0 radical (unpaired) electrons. The molecule has 0 spiro atoms. The molecule has 0 fully saturated rings. The number of hydrogen-bond donors (Lipinski definition) is 3. The second kappa shape index (κ2) is 4.16. The van der Waals surface area contributed by atoms with Gasteiger partial charge in [-0.1, -0.05) is 12.2 Å². The topological polar surface area (TPSA) is 83.8 Å². The summed E-state index contributed by atoms with van der Waals surface area (Å²) in [7, 11) is 0. The van der Waals surface area contributed by atoms with E-state index in [4.69, 9.17) is 5.73 Å². The van der Waals surface area contributed by atoms with Gasteiger partial charge in [0.05, 0.1) is 6.20 Å². The zero-order chi connectivity index (χ0) is 10.7. The van der Waals surface area contributed by atoms with E-state index in [1.807, 2.05) is 0 Å². The van der Waals surface area contributed by atoms with Gasteiger partial charge in [0.1, 0.15) is 11.4 Å². The van der Waals surface area contributed by atoms with Gasteiger partial charge in [-0.2, -0.15) is 5.10 Å². The van der Waals surface area contributed by atoms with Gasteiger partial charge in [-0.15, -0.1) is 0 Å². The highest BCUT2D eigenvalue weighted by molar-refractivity contribution is 5.98. The molecule has 1 aromatic rings. The number of aromatic nitrogens is 2. The zero-order valence-electron chi connectivity index (χ0n) is 8.36. The first-order valence-corrected chi connectivity index (χ1v) is 5.02. The number of anilines is 1. The third-order valence-corrected chi connectivity index (χ3v) is 2.52. The number of nitrogens with zero attached hydrogens (tertiary/aromatic N) is 1. The number of carbonyl (C=O) groups is 1. The average Bonchev–Trinajstić information content (AvgIpc) is 2.66. The number of allylic oxidation sites excluding steroid dienone is 1. The molecule has 5 nitrogen and oxygen atoms in total. The van der Waals surface area contributed by atoms with E-state index in [9.17, 15) is 4.79 Å². The molecule has 1 aromatic heterocycles. The third-order valence-electron chi connectivity index (χ3n) is 2.52. The minimum atomic E-state index is -0.151. The van der Waals surface area contributed by atoms with E-state index < -0.39 is 0 Å². The van der Waals surface area contributed by atoms with Crippen molar-refractivity contribution >= 4 is 11.7 Å². The van der Waals surface area contributed by atoms with Gasteiger partial charge in [0.15, 0.2) is 0 Å². The Morgan fingerprint density at radius 2 is 2.47 bits per heavy atom. The maximum Gasteiger partial charge on any atom is 0.256 e. The Morgan fingerprint density at radius 3 is 3.07 bits per heavy atom. The fraction of sp³-hybridized carbons (Fsp3) is 0.400. The van der Waals surface area contributed by atoms with Crippen LogP contribution in [0.4, 0.5) is 5.82 Å². The molecule has 1 amide bonds. The van der Waals surface area contributed by atoms with E-state index in [0.29, 0.717) is 11.4 Å². The summed E-state index contributed by atoms with van der Waals surface area (Å²) in [6.07, 6.45) is 8.57. The lowest BCUT2D eigenvalue weighted by Crippen LogP contribution is -2.35. The van der Waals surface area contributed by atoms with Crippen molar-refractivity contribution in [1.29, 1.82) is 0 Å². The van der Waals surface area contributed by atoms with Crippen molar-refractivity contribution in [2.75, 3.05) is 5.73 Å². The van der Waals surface area contributed by atoms with E-state index in [1.54, 1.807) is 0 Å². The standard InChI is InChI=1S/C10H14N4O/c11-9-8(6-12-14-9)10(15)13-7-4-2-1-3-5-7/h1-2,6-7H,3-5H2,(H,13,15)(H3,11,12,14). The van der Waals surface area contributed by atoms with Crippen LogP contribution in [0, 0.1) is 0 Å². The number of hydrogen-bond acceptors (Lipinski definition) is 3. The molecule has 1 aliphatic rings. The molecule has 2 rings (SSSR count). The first kappa shape index (κ1) is 9.76. The molecule has 0 saturated carbocycles. The van der Waals surface area contributed by atoms with Crippen LogP contribution in [0.25, 0.3) is 0 Å². The summed E-state index contributed by atoms with van der Waals surface area (Å²) >= 11 is 0. The fourth-order valence-corrected chi connectivity index (χ4v) is 1.66. The molecule has 0 saturated heterocycles. The average molecular weight is 206 g/mol. The molecule has 80 valence electrons. The van der Waals surface area contributed by atoms with Gasteiger partial charge < -0.3 is 11.1 Å². The van der Waals surface area contributed by atoms with Gasteiger partial charge in [-0.3, -0.25) is 9.89 Å². The molecule has 0 aromatic carbocycles. The van der Waals surface area contributed by atoms with Gasteiger partial charge in [0.2, 0.25) is 0 Å². The van der Waals surface area contributed by atoms with Crippen molar-refractivity contribution in [2.45, 2.75) is 25.3 Å². The van der Waals surface area contributed by atoms with Crippen LogP contribution in [0.1, 0.15) is 29.6 Å². The maximum atomic E-state index is 11.7. The van der Waals surface area contributed by atoms with Crippen molar-refractivity contribution < 1.29 is 4.79 Å². The highest BCUT2D eigenvalue weighted by Gasteiger charge is 2.16. The van der Waals surface area contributed by atoms with E-state index in [2.05, 4.69) is 27.7 Å². The van der Waals surface area contributed by atoms with Gasteiger partial charge in [-0.25, -0.2) is 0 Å². The number of aromatic amines is 1. The quantitative estimate of drug-likeness (QED) is 0.627. The van der Waals surface area contributed by atoms with Crippen molar-refractivity contribution in [1.82, 2.24) is 15.5 Å². The molecule has 15 heavy (non-hydrogen) atoms. The Bertz CT molecular complexity index is 383. The maximum absolute atomic E-state index is 11.7. The summed E-state index contributed by atoms with van der Waals surface area (Å²) in [5, 5.41) is 9.18. The molecular weight excluding hydrogens is 192 g/mol. The Labute approximate surface area is 87.7 Å². The Morgan fingerprint density at radius 1 is 1.60 bits per heavy atom. The second-order valence-corrected chi connectivity index (χ2v) is 3.65. The Balaban J connectivity index is 1.98. The number of nitrogens with two attached hydrogens (primary N) is 1. The molecule has 1 aliphatic carbocycles. The van der Waals surface area contributed by atoms with E-state index in [0.717, 1.165) is 19.3 Å². The van der Waals surface area contributed by atoms with Gasteiger partial charge in [0.25, 0.3) is 5.91 Å². The molecular formula is C10H14N4O. The number of rotatable bonds is 2. The SMILES string of the molecule is Nc1[nH]ncc1C(=O)NC1CC=CCC1. The predicted molar refractivity (Wildman–Crippen MR) is 57.2 cm³/mol.